The van der Waals surface area contributed by atoms with E-state index in [1.165, 1.54) is 19.6 Å². The Bertz CT molecular complexity index is 704. The van der Waals surface area contributed by atoms with Crippen LogP contribution in [0.1, 0.15) is 51.0 Å². The van der Waals surface area contributed by atoms with E-state index in [2.05, 4.69) is 5.32 Å². The Labute approximate surface area is 159 Å². The molecule has 0 radical (unpaired) electrons. The van der Waals surface area contributed by atoms with E-state index in [0.717, 1.165) is 32.1 Å². The highest BCUT2D eigenvalue weighted by Crippen LogP contribution is 2.37. The number of nitriles is 1. The fourth-order valence-corrected chi connectivity index (χ4v) is 3.27. The Morgan fingerprint density at radius 3 is 2.73 bits per heavy atom. The maximum absolute atomic E-state index is 12.4. The molecule has 0 saturated heterocycles. The van der Waals surface area contributed by atoms with Crippen LogP contribution in [0, 0.1) is 11.3 Å². The highest BCUT2D eigenvalue weighted by molar-refractivity contribution is 6.32. The lowest BCUT2D eigenvalue weighted by Crippen LogP contribution is -2.36. The molecule has 6 heteroatoms. The van der Waals surface area contributed by atoms with E-state index in [-0.39, 0.29) is 17.5 Å². The number of carbonyl (C=O) groups is 1. The van der Waals surface area contributed by atoms with Crippen molar-refractivity contribution in [1.82, 2.24) is 5.32 Å². The zero-order valence-electron chi connectivity index (χ0n) is 15.3. The van der Waals surface area contributed by atoms with Crippen molar-refractivity contribution in [3.8, 4) is 17.6 Å². The van der Waals surface area contributed by atoms with Gasteiger partial charge in [-0.15, -0.1) is 0 Å². The molecular formula is C20H25ClN2O3. The molecule has 1 aliphatic carbocycles. The molecule has 1 fully saturated rings. The summed E-state index contributed by atoms with van der Waals surface area (Å²) in [6, 6.07) is 5.51. The molecule has 1 aromatic rings. The van der Waals surface area contributed by atoms with Crippen molar-refractivity contribution in [1.29, 1.82) is 5.26 Å². The van der Waals surface area contributed by atoms with Gasteiger partial charge in [0.2, 0.25) is 0 Å². The van der Waals surface area contributed by atoms with Gasteiger partial charge in [-0.3, -0.25) is 4.79 Å². The van der Waals surface area contributed by atoms with Crippen molar-refractivity contribution in [2.75, 3.05) is 13.7 Å². The topological polar surface area (TPSA) is 71.3 Å². The summed E-state index contributed by atoms with van der Waals surface area (Å²) in [6.07, 6.45) is 7.74. The zero-order valence-corrected chi connectivity index (χ0v) is 16.1. The number of carbonyl (C=O) groups excluding carboxylic acids is 1. The van der Waals surface area contributed by atoms with Crippen LogP contribution in [0.15, 0.2) is 17.7 Å². The number of nitrogens with one attached hydrogen (secondary N) is 1. The van der Waals surface area contributed by atoms with Crippen LogP contribution in [0.2, 0.25) is 5.02 Å². The number of benzene rings is 1. The molecule has 0 spiro atoms. The molecule has 0 aromatic heterocycles. The van der Waals surface area contributed by atoms with Crippen LogP contribution in [0.25, 0.3) is 6.08 Å². The molecule has 1 saturated carbocycles. The molecule has 2 rings (SSSR count). The quantitative estimate of drug-likeness (QED) is 0.562. The lowest BCUT2D eigenvalue weighted by molar-refractivity contribution is -0.117. The molecule has 0 atom stereocenters. The summed E-state index contributed by atoms with van der Waals surface area (Å²) in [7, 11) is 1.53. The first-order chi connectivity index (χ1) is 12.6. The van der Waals surface area contributed by atoms with Gasteiger partial charge in [-0.25, -0.2) is 0 Å². The predicted octanol–water partition coefficient (Wildman–Crippen LogP) is 4.49. The Morgan fingerprint density at radius 1 is 1.38 bits per heavy atom. The number of ether oxygens (including phenoxy) is 2. The minimum absolute atomic E-state index is 0.0518. The molecule has 0 aliphatic heterocycles. The summed E-state index contributed by atoms with van der Waals surface area (Å²) in [4.78, 5) is 12.4. The van der Waals surface area contributed by atoms with E-state index >= 15 is 0 Å². The van der Waals surface area contributed by atoms with Crippen molar-refractivity contribution < 1.29 is 14.3 Å². The number of hydrogen-bond donors (Lipinski definition) is 1. The van der Waals surface area contributed by atoms with Gasteiger partial charge in [-0.1, -0.05) is 37.8 Å². The summed E-state index contributed by atoms with van der Waals surface area (Å²) in [6.45, 7) is 2.53. The maximum Gasteiger partial charge on any atom is 0.262 e. The van der Waals surface area contributed by atoms with Crippen molar-refractivity contribution in [3.63, 3.8) is 0 Å². The number of methoxy groups -OCH3 is 1. The van der Waals surface area contributed by atoms with E-state index < -0.39 is 0 Å². The summed E-state index contributed by atoms with van der Waals surface area (Å²) in [5.41, 5.74) is 0.668. The van der Waals surface area contributed by atoms with Crippen molar-refractivity contribution in [2.24, 2.45) is 0 Å². The minimum Gasteiger partial charge on any atom is -0.493 e. The Morgan fingerprint density at radius 2 is 2.12 bits per heavy atom. The molecule has 0 heterocycles. The fourth-order valence-electron chi connectivity index (χ4n) is 2.99. The van der Waals surface area contributed by atoms with E-state index in [9.17, 15) is 10.1 Å². The van der Waals surface area contributed by atoms with Gasteiger partial charge in [0.05, 0.1) is 18.7 Å². The van der Waals surface area contributed by atoms with Crippen molar-refractivity contribution >= 4 is 23.6 Å². The third kappa shape index (κ3) is 5.40. The molecule has 1 aliphatic rings. The van der Waals surface area contributed by atoms with Gasteiger partial charge in [-0.05, 0) is 43.0 Å². The molecular weight excluding hydrogens is 352 g/mol. The van der Waals surface area contributed by atoms with Crippen LogP contribution in [0.3, 0.4) is 0 Å². The lowest BCUT2D eigenvalue weighted by Gasteiger charge is -2.22. The second-order valence-electron chi connectivity index (χ2n) is 6.36. The van der Waals surface area contributed by atoms with Crippen molar-refractivity contribution in [3.05, 3.63) is 28.3 Å². The number of hydrogen-bond acceptors (Lipinski definition) is 4. The third-order valence-electron chi connectivity index (χ3n) is 4.32. The first kappa shape index (κ1) is 20.1. The molecule has 5 nitrogen and oxygen atoms in total. The van der Waals surface area contributed by atoms with E-state index in [0.29, 0.717) is 28.7 Å². The zero-order chi connectivity index (χ0) is 18.9. The van der Waals surface area contributed by atoms with Gasteiger partial charge in [0.25, 0.3) is 5.91 Å². The normalized spacial score (nSPS) is 15.2. The molecule has 26 heavy (non-hydrogen) atoms. The lowest BCUT2D eigenvalue weighted by atomic mass is 9.95. The number of amides is 1. The Kier molecular flexibility index (Phi) is 7.80. The second kappa shape index (κ2) is 10.1. The number of rotatable bonds is 7. The molecule has 1 N–H and O–H groups in total. The smallest absolute Gasteiger partial charge is 0.262 e. The van der Waals surface area contributed by atoms with Gasteiger partial charge >= 0.3 is 0 Å². The van der Waals surface area contributed by atoms with Crippen LogP contribution in [-0.2, 0) is 4.79 Å². The largest absolute Gasteiger partial charge is 0.493 e. The standard InChI is InChI=1S/C20H25ClN2O3/c1-3-9-26-19-17(21)11-14(12-18(19)25-2)10-15(13-22)20(24)23-16-7-5-4-6-8-16/h10-12,16H,3-9H2,1-2H3,(H,23,24)/b15-10+. The minimum atomic E-state index is -0.346. The second-order valence-corrected chi connectivity index (χ2v) is 6.77. The SMILES string of the molecule is CCCOc1c(Cl)cc(/C=C(\C#N)C(=O)NC2CCCCC2)cc1OC. The average molecular weight is 377 g/mol. The molecule has 0 unspecified atom stereocenters. The monoisotopic (exact) mass is 376 g/mol. The Hall–Kier alpha value is -2.19. The van der Waals surface area contributed by atoms with Gasteiger partial charge in [-0.2, -0.15) is 5.26 Å². The van der Waals surface area contributed by atoms with E-state index in [4.69, 9.17) is 21.1 Å². The first-order valence-corrected chi connectivity index (χ1v) is 9.39. The summed E-state index contributed by atoms with van der Waals surface area (Å²) >= 11 is 6.29. The highest BCUT2D eigenvalue weighted by Gasteiger charge is 2.19. The maximum atomic E-state index is 12.4. The van der Waals surface area contributed by atoms with Gasteiger partial charge in [0, 0.05) is 6.04 Å². The van der Waals surface area contributed by atoms with Gasteiger partial charge in [0.1, 0.15) is 11.6 Å². The van der Waals surface area contributed by atoms with E-state index in [1.54, 1.807) is 12.1 Å². The molecule has 0 bridgehead atoms. The predicted molar refractivity (Wildman–Crippen MR) is 102 cm³/mol. The molecule has 1 amide bonds. The molecule has 1 aromatic carbocycles. The van der Waals surface area contributed by atoms with Gasteiger partial charge in [0.15, 0.2) is 11.5 Å². The van der Waals surface area contributed by atoms with E-state index in [1.807, 2.05) is 13.0 Å². The average Bonchev–Trinajstić information content (AvgIpc) is 2.65. The summed E-state index contributed by atoms with van der Waals surface area (Å²) < 4.78 is 11.0. The molecule has 140 valence electrons. The van der Waals surface area contributed by atoms with Crippen LogP contribution in [0.4, 0.5) is 0 Å². The fraction of sp³-hybridized carbons (Fsp3) is 0.500. The number of halogens is 1. The van der Waals surface area contributed by atoms with Crippen LogP contribution < -0.4 is 14.8 Å². The first-order valence-electron chi connectivity index (χ1n) is 9.02. The van der Waals surface area contributed by atoms with Crippen LogP contribution in [0.5, 0.6) is 11.5 Å². The van der Waals surface area contributed by atoms with Crippen LogP contribution >= 0.6 is 11.6 Å². The Balaban J connectivity index is 2.20. The number of nitrogens with zero attached hydrogens (tertiary/aromatic N) is 1. The summed E-state index contributed by atoms with van der Waals surface area (Å²) in [5.74, 6) is 0.598. The third-order valence-corrected chi connectivity index (χ3v) is 4.60. The van der Waals surface area contributed by atoms with Crippen LogP contribution in [-0.4, -0.2) is 25.7 Å². The van der Waals surface area contributed by atoms with Crippen molar-refractivity contribution in [2.45, 2.75) is 51.5 Å². The summed E-state index contributed by atoms with van der Waals surface area (Å²) in [5, 5.41) is 12.7. The highest BCUT2D eigenvalue weighted by atomic mass is 35.5. The van der Waals surface area contributed by atoms with Gasteiger partial charge < -0.3 is 14.8 Å².